The molecule has 0 radical (unpaired) electrons. The van der Waals surface area contributed by atoms with Crippen LogP contribution in [0.25, 0.3) is 20.4 Å². The molecule has 0 fully saturated rings. The van der Waals surface area contributed by atoms with E-state index < -0.39 is 0 Å². The number of aliphatic hydroxyl groups excluding tert-OH is 1. The summed E-state index contributed by atoms with van der Waals surface area (Å²) in [4.78, 5) is 22.5. The molecular formula is C16H17N3O3S. The molecule has 0 saturated heterocycles. The first-order valence-electron chi connectivity index (χ1n) is 7.54. The van der Waals surface area contributed by atoms with Gasteiger partial charge in [-0.25, -0.2) is 9.97 Å². The Hall–Kier alpha value is -1.83. The topological polar surface area (TPSA) is 77.2 Å². The molecule has 0 amide bonds. The third kappa shape index (κ3) is 2.36. The Morgan fingerprint density at radius 2 is 2.30 bits per heavy atom. The number of rotatable bonds is 2. The van der Waals surface area contributed by atoms with E-state index in [1.807, 2.05) is 0 Å². The summed E-state index contributed by atoms with van der Waals surface area (Å²) in [6, 6.07) is 2.05. The van der Waals surface area contributed by atoms with Crippen molar-refractivity contribution in [2.75, 3.05) is 6.61 Å². The maximum absolute atomic E-state index is 12.5. The largest absolute Gasteiger partial charge is 0.395 e. The van der Waals surface area contributed by atoms with Crippen LogP contribution in [0.5, 0.6) is 0 Å². The third-order valence-electron chi connectivity index (χ3n) is 4.16. The van der Waals surface area contributed by atoms with E-state index in [1.54, 1.807) is 0 Å². The molecule has 23 heavy (non-hydrogen) atoms. The number of ether oxygens (including phenoxy) is 1. The van der Waals surface area contributed by atoms with Crippen molar-refractivity contribution in [1.29, 1.82) is 0 Å². The van der Waals surface area contributed by atoms with E-state index in [-0.39, 0.29) is 24.3 Å². The molecule has 1 aliphatic heterocycles. The van der Waals surface area contributed by atoms with Gasteiger partial charge < -0.3 is 9.84 Å². The van der Waals surface area contributed by atoms with Gasteiger partial charge in [-0.05, 0) is 19.9 Å². The standard InChI is InChI=1S/C16H17N3O3S/c1-16(2)6-11-9(7-22-16)5-10-12-13(23-14(10)18-11)15(21)19(3-4-20)8-17-12/h5,8,20H,3-4,6-7H2,1-2H3. The van der Waals surface area contributed by atoms with Crippen LogP contribution in [0.3, 0.4) is 0 Å². The predicted molar refractivity (Wildman–Crippen MR) is 88.8 cm³/mol. The second kappa shape index (κ2) is 5.09. The Morgan fingerprint density at radius 3 is 3.09 bits per heavy atom. The van der Waals surface area contributed by atoms with Crippen molar-refractivity contribution in [2.45, 2.75) is 39.0 Å². The van der Waals surface area contributed by atoms with Crippen molar-refractivity contribution in [1.82, 2.24) is 14.5 Å². The van der Waals surface area contributed by atoms with Gasteiger partial charge in [0.25, 0.3) is 5.56 Å². The Morgan fingerprint density at radius 1 is 1.48 bits per heavy atom. The molecule has 0 aliphatic carbocycles. The molecule has 120 valence electrons. The number of hydrogen-bond donors (Lipinski definition) is 1. The maximum Gasteiger partial charge on any atom is 0.271 e. The quantitative estimate of drug-likeness (QED) is 0.775. The molecule has 3 aromatic rings. The summed E-state index contributed by atoms with van der Waals surface area (Å²) in [7, 11) is 0. The van der Waals surface area contributed by atoms with E-state index in [4.69, 9.17) is 14.8 Å². The SMILES string of the molecule is CC1(C)Cc2nc3sc4c(=O)n(CCO)cnc4c3cc2CO1. The second-order valence-electron chi connectivity index (χ2n) is 6.42. The van der Waals surface area contributed by atoms with Gasteiger partial charge in [0.2, 0.25) is 0 Å². The van der Waals surface area contributed by atoms with Crippen LogP contribution in [-0.4, -0.2) is 31.8 Å². The van der Waals surface area contributed by atoms with Gasteiger partial charge in [0.1, 0.15) is 9.53 Å². The molecule has 4 heterocycles. The lowest BCUT2D eigenvalue weighted by atomic mass is 9.95. The minimum Gasteiger partial charge on any atom is -0.395 e. The van der Waals surface area contributed by atoms with Gasteiger partial charge in [-0.3, -0.25) is 9.36 Å². The first kappa shape index (κ1) is 14.7. The summed E-state index contributed by atoms with van der Waals surface area (Å²) >= 11 is 1.37. The van der Waals surface area contributed by atoms with Gasteiger partial charge >= 0.3 is 0 Å². The van der Waals surface area contributed by atoms with E-state index in [2.05, 4.69) is 24.9 Å². The number of hydrogen-bond acceptors (Lipinski definition) is 6. The summed E-state index contributed by atoms with van der Waals surface area (Å²) in [5, 5.41) is 9.94. The average Bonchev–Trinajstić information content (AvgIpc) is 2.85. The predicted octanol–water partition coefficient (Wildman–Crippen LogP) is 1.85. The summed E-state index contributed by atoms with van der Waals surface area (Å²) in [5.41, 5.74) is 2.45. The number of fused-ring (bicyclic) bond motifs is 4. The van der Waals surface area contributed by atoms with Crippen molar-refractivity contribution in [3.63, 3.8) is 0 Å². The second-order valence-corrected chi connectivity index (χ2v) is 7.42. The third-order valence-corrected chi connectivity index (χ3v) is 5.24. The minimum atomic E-state index is -0.212. The van der Waals surface area contributed by atoms with Gasteiger partial charge in [-0.2, -0.15) is 0 Å². The van der Waals surface area contributed by atoms with E-state index in [0.717, 1.165) is 27.9 Å². The molecule has 0 aromatic carbocycles. The summed E-state index contributed by atoms with van der Waals surface area (Å²) < 4.78 is 7.88. The van der Waals surface area contributed by atoms with Crippen LogP contribution < -0.4 is 5.56 Å². The molecule has 1 N–H and O–H groups in total. The van der Waals surface area contributed by atoms with Crippen LogP contribution in [0.4, 0.5) is 0 Å². The molecular weight excluding hydrogens is 314 g/mol. The highest BCUT2D eigenvalue weighted by atomic mass is 32.1. The molecule has 7 heteroatoms. The zero-order valence-corrected chi connectivity index (χ0v) is 13.8. The number of pyridine rings is 1. The highest BCUT2D eigenvalue weighted by molar-refractivity contribution is 7.25. The fraction of sp³-hybridized carbons (Fsp3) is 0.438. The highest BCUT2D eigenvalue weighted by Gasteiger charge is 2.28. The average molecular weight is 331 g/mol. The molecule has 6 nitrogen and oxygen atoms in total. The lowest BCUT2D eigenvalue weighted by Crippen LogP contribution is -2.32. The van der Waals surface area contributed by atoms with Gasteiger partial charge in [0.15, 0.2) is 0 Å². The van der Waals surface area contributed by atoms with Gasteiger partial charge in [0.05, 0.1) is 42.9 Å². The van der Waals surface area contributed by atoms with E-state index >= 15 is 0 Å². The number of aliphatic hydroxyl groups is 1. The normalized spacial score (nSPS) is 16.8. The van der Waals surface area contributed by atoms with E-state index in [9.17, 15) is 4.79 Å². The summed E-state index contributed by atoms with van der Waals surface area (Å²) in [5.74, 6) is 0. The lowest BCUT2D eigenvalue weighted by Gasteiger charge is -2.30. The monoisotopic (exact) mass is 331 g/mol. The number of aromatic nitrogens is 3. The maximum atomic E-state index is 12.5. The molecule has 0 atom stereocenters. The van der Waals surface area contributed by atoms with Gasteiger partial charge in [0, 0.05) is 17.4 Å². The van der Waals surface area contributed by atoms with Gasteiger partial charge in [-0.1, -0.05) is 0 Å². The van der Waals surface area contributed by atoms with E-state index in [0.29, 0.717) is 16.8 Å². The molecule has 1 aliphatic rings. The van der Waals surface area contributed by atoms with Crippen molar-refractivity contribution < 1.29 is 9.84 Å². The van der Waals surface area contributed by atoms with Crippen LogP contribution in [0.15, 0.2) is 17.2 Å². The van der Waals surface area contributed by atoms with Crippen LogP contribution in [0.1, 0.15) is 25.1 Å². The van der Waals surface area contributed by atoms with Crippen molar-refractivity contribution >= 4 is 31.8 Å². The molecule has 0 spiro atoms. The highest BCUT2D eigenvalue weighted by Crippen LogP contribution is 2.34. The minimum absolute atomic E-state index is 0.0864. The number of nitrogens with zero attached hydrogens (tertiary/aromatic N) is 3. The molecule has 0 bridgehead atoms. The first-order valence-corrected chi connectivity index (χ1v) is 8.35. The van der Waals surface area contributed by atoms with Crippen LogP contribution in [-0.2, 0) is 24.3 Å². The van der Waals surface area contributed by atoms with Gasteiger partial charge in [-0.15, -0.1) is 11.3 Å². The summed E-state index contributed by atoms with van der Waals surface area (Å²) in [6.07, 6.45) is 2.25. The van der Waals surface area contributed by atoms with Crippen molar-refractivity contribution in [2.24, 2.45) is 0 Å². The van der Waals surface area contributed by atoms with Crippen LogP contribution >= 0.6 is 11.3 Å². The lowest BCUT2D eigenvalue weighted by molar-refractivity contribution is -0.0411. The molecule has 0 unspecified atom stereocenters. The fourth-order valence-corrected chi connectivity index (χ4v) is 4.02. The molecule has 4 rings (SSSR count). The first-order chi connectivity index (χ1) is 11.0. The Balaban J connectivity index is 1.95. The Labute approximate surface area is 136 Å². The van der Waals surface area contributed by atoms with Crippen LogP contribution in [0, 0.1) is 0 Å². The van der Waals surface area contributed by atoms with Crippen molar-refractivity contribution in [3.05, 3.63) is 34.0 Å². The zero-order valence-electron chi connectivity index (χ0n) is 13.0. The van der Waals surface area contributed by atoms with E-state index in [1.165, 1.54) is 22.2 Å². The Bertz CT molecular complexity index is 974. The smallest absolute Gasteiger partial charge is 0.271 e. The van der Waals surface area contributed by atoms with Crippen LogP contribution in [0.2, 0.25) is 0 Å². The Kier molecular flexibility index (Phi) is 3.26. The summed E-state index contributed by atoms with van der Waals surface area (Å²) in [6.45, 7) is 4.81. The fourth-order valence-electron chi connectivity index (χ4n) is 2.94. The zero-order chi connectivity index (χ0) is 16.2. The molecule has 3 aromatic heterocycles. The van der Waals surface area contributed by atoms with Crippen molar-refractivity contribution in [3.8, 4) is 0 Å². The number of thiophene rings is 1. The molecule has 0 saturated carbocycles.